The number of β-amino-alcohol motifs (C(OH)–C–C–N with tert-alkyl or cyclic N) is 1. The summed E-state index contributed by atoms with van der Waals surface area (Å²) < 4.78 is 37.0. The van der Waals surface area contributed by atoms with Crippen LogP contribution < -0.4 is 9.47 Å². The standard InChI is InChI=1S/C12H16BrNO5S/c1-18-10-5-9(13)12(6-11(10)19-2)20(16,17)14-4-3-8(15)7-14/h5-6,8,15H,3-4,7H2,1-2H3. The zero-order valence-corrected chi connectivity index (χ0v) is 13.6. The van der Waals surface area contributed by atoms with Gasteiger partial charge in [0, 0.05) is 23.6 Å². The third-order valence-electron chi connectivity index (χ3n) is 3.18. The Bertz CT molecular complexity index is 604. The summed E-state index contributed by atoms with van der Waals surface area (Å²) in [6.07, 6.45) is -0.159. The predicted molar refractivity (Wildman–Crippen MR) is 76.6 cm³/mol. The Labute approximate surface area is 126 Å². The van der Waals surface area contributed by atoms with Gasteiger partial charge >= 0.3 is 0 Å². The van der Waals surface area contributed by atoms with Gasteiger partial charge in [-0.2, -0.15) is 4.31 Å². The fourth-order valence-electron chi connectivity index (χ4n) is 2.10. The van der Waals surface area contributed by atoms with Crippen LogP contribution in [0.5, 0.6) is 11.5 Å². The summed E-state index contributed by atoms with van der Waals surface area (Å²) in [4.78, 5) is 0.101. The zero-order valence-electron chi connectivity index (χ0n) is 11.2. The van der Waals surface area contributed by atoms with Crippen LogP contribution in [0.1, 0.15) is 6.42 Å². The second-order valence-corrected chi connectivity index (χ2v) is 7.20. The van der Waals surface area contributed by atoms with Crippen LogP contribution in [-0.2, 0) is 10.0 Å². The van der Waals surface area contributed by atoms with Crippen molar-refractivity contribution < 1.29 is 23.0 Å². The predicted octanol–water partition coefficient (Wildman–Crippen LogP) is 1.22. The molecule has 6 nitrogen and oxygen atoms in total. The lowest BCUT2D eigenvalue weighted by Gasteiger charge is -2.18. The molecule has 0 aromatic heterocycles. The highest BCUT2D eigenvalue weighted by Crippen LogP contribution is 2.37. The van der Waals surface area contributed by atoms with Gasteiger partial charge in [0.25, 0.3) is 0 Å². The Morgan fingerprint density at radius 2 is 1.90 bits per heavy atom. The molecule has 1 aliphatic heterocycles. The SMILES string of the molecule is COc1cc(Br)c(S(=O)(=O)N2CCC(O)C2)cc1OC. The quantitative estimate of drug-likeness (QED) is 0.867. The summed E-state index contributed by atoms with van der Waals surface area (Å²) in [6.45, 7) is 0.424. The number of benzene rings is 1. The number of nitrogens with zero attached hydrogens (tertiary/aromatic N) is 1. The van der Waals surface area contributed by atoms with Crippen LogP contribution in [0.3, 0.4) is 0 Å². The molecule has 0 spiro atoms. The van der Waals surface area contributed by atoms with E-state index in [1.807, 2.05) is 0 Å². The normalized spacial score (nSPS) is 20.1. The molecular formula is C12H16BrNO5S. The lowest BCUT2D eigenvalue weighted by molar-refractivity contribution is 0.189. The summed E-state index contributed by atoms with van der Waals surface area (Å²) in [5.41, 5.74) is 0. The first kappa shape index (κ1) is 15.6. The third-order valence-corrected chi connectivity index (χ3v) is 6.01. The van der Waals surface area contributed by atoms with Gasteiger partial charge in [0.15, 0.2) is 11.5 Å². The summed E-state index contributed by atoms with van der Waals surface area (Å²) in [5.74, 6) is 0.786. The maximum absolute atomic E-state index is 12.6. The molecule has 20 heavy (non-hydrogen) atoms. The minimum Gasteiger partial charge on any atom is -0.493 e. The van der Waals surface area contributed by atoms with Gasteiger partial charge in [-0.25, -0.2) is 8.42 Å². The number of sulfonamides is 1. The van der Waals surface area contributed by atoms with Crippen molar-refractivity contribution in [1.29, 1.82) is 0 Å². The molecule has 0 radical (unpaired) electrons. The average Bonchev–Trinajstić information content (AvgIpc) is 2.85. The van der Waals surface area contributed by atoms with E-state index in [1.54, 1.807) is 6.07 Å². The van der Waals surface area contributed by atoms with E-state index in [4.69, 9.17) is 9.47 Å². The number of methoxy groups -OCH3 is 2. The van der Waals surface area contributed by atoms with E-state index in [2.05, 4.69) is 15.9 Å². The van der Waals surface area contributed by atoms with E-state index in [0.717, 1.165) is 0 Å². The van der Waals surface area contributed by atoms with Gasteiger partial charge in [0.2, 0.25) is 10.0 Å². The van der Waals surface area contributed by atoms with Crippen molar-refractivity contribution in [2.24, 2.45) is 0 Å². The van der Waals surface area contributed by atoms with Crippen LogP contribution in [0, 0.1) is 0 Å². The average molecular weight is 366 g/mol. The number of aliphatic hydroxyl groups excluding tert-OH is 1. The van der Waals surface area contributed by atoms with Gasteiger partial charge in [-0.05, 0) is 28.4 Å². The molecule has 112 valence electrons. The van der Waals surface area contributed by atoms with E-state index >= 15 is 0 Å². The van der Waals surface area contributed by atoms with E-state index in [9.17, 15) is 13.5 Å². The Morgan fingerprint density at radius 1 is 1.30 bits per heavy atom. The zero-order chi connectivity index (χ0) is 14.9. The molecule has 2 rings (SSSR count). The number of ether oxygens (including phenoxy) is 2. The van der Waals surface area contributed by atoms with E-state index in [0.29, 0.717) is 28.9 Å². The number of rotatable bonds is 4. The lowest BCUT2D eigenvalue weighted by atomic mass is 10.3. The molecule has 1 aromatic carbocycles. The van der Waals surface area contributed by atoms with Gasteiger partial charge < -0.3 is 14.6 Å². The van der Waals surface area contributed by atoms with Crippen molar-refractivity contribution in [2.75, 3.05) is 27.3 Å². The van der Waals surface area contributed by atoms with E-state index < -0.39 is 16.1 Å². The van der Waals surface area contributed by atoms with Crippen LogP contribution in [0.2, 0.25) is 0 Å². The Morgan fingerprint density at radius 3 is 2.40 bits per heavy atom. The van der Waals surface area contributed by atoms with Crippen LogP contribution in [0.4, 0.5) is 0 Å². The highest BCUT2D eigenvalue weighted by atomic mass is 79.9. The molecule has 1 atom stereocenters. The largest absolute Gasteiger partial charge is 0.493 e. The van der Waals surface area contributed by atoms with Gasteiger partial charge in [-0.15, -0.1) is 0 Å². The second kappa shape index (κ2) is 5.88. The van der Waals surface area contributed by atoms with Crippen molar-refractivity contribution in [1.82, 2.24) is 4.31 Å². The van der Waals surface area contributed by atoms with Crippen molar-refractivity contribution in [3.8, 4) is 11.5 Å². The Balaban J connectivity index is 2.46. The van der Waals surface area contributed by atoms with E-state index in [-0.39, 0.29) is 11.4 Å². The van der Waals surface area contributed by atoms with Crippen LogP contribution in [0.15, 0.2) is 21.5 Å². The molecule has 0 bridgehead atoms. The van der Waals surface area contributed by atoms with Crippen LogP contribution in [-0.4, -0.2) is 51.2 Å². The summed E-state index contributed by atoms with van der Waals surface area (Å²) in [5, 5.41) is 9.50. The highest BCUT2D eigenvalue weighted by Gasteiger charge is 2.33. The molecule has 1 fully saturated rings. The van der Waals surface area contributed by atoms with Gasteiger partial charge in [-0.3, -0.25) is 0 Å². The minimum absolute atomic E-state index is 0.101. The first-order chi connectivity index (χ1) is 9.40. The topological polar surface area (TPSA) is 76.1 Å². The van der Waals surface area contributed by atoms with Gasteiger partial charge in [-0.1, -0.05) is 0 Å². The van der Waals surface area contributed by atoms with Crippen molar-refractivity contribution in [3.05, 3.63) is 16.6 Å². The van der Waals surface area contributed by atoms with Gasteiger partial charge in [0.1, 0.15) is 4.90 Å². The highest BCUT2D eigenvalue weighted by molar-refractivity contribution is 9.10. The number of aliphatic hydroxyl groups is 1. The monoisotopic (exact) mass is 365 g/mol. The van der Waals surface area contributed by atoms with Crippen LogP contribution in [0.25, 0.3) is 0 Å². The number of hydrogen-bond donors (Lipinski definition) is 1. The fraction of sp³-hybridized carbons (Fsp3) is 0.500. The molecule has 1 saturated heterocycles. The van der Waals surface area contributed by atoms with Crippen molar-refractivity contribution >= 4 is 26.0 Å². The minimum atomic E-state index is -3.67. The van der Waals surface area contributed by atoms with Crippen LogP contribution >= 0.6 is 15.9 Å². The lowest BCUT2D eigenvalue weighted by Crippen LogP contribution is -2.30. The Hall–Kier alpha value is -0.830. The summed E-state index contributed by atoms with van der Waals surface area (Å²) in [7, 11) is -0.741. The summed E-state index contributed by atoms with van der Waals surface area (Å²) in [6, 6.07) is 2.97. The fourth-order valence-corrected chi connectivity index (χ4v) is 4.59. The Kier molecular flexibility index (Phi) is 4.58. The van der Waals surface area contributed by atoms with E-state index in [1.165, 1.54) is 24.6 Å². The second-order valence-electron chi connectivity index (χ2n) is 4.44. The maximum atomic E-state index is 12.6. The molecule has 1 N–H and O–H groups in total. The third kappa shape index (κ3) is 2.78. The molecule has 8 heteroatoms. The molecule has 1 aromatic rings. The van der Waals surface area contributed by atoms with Crippen molar-refractivity contribution in [3.63, 3.8) is 0 Å². The molecular weight excluding hydrogens is 350 g/mol. The first-order valence-corrected chi connectivity index (χ1v) is 8.23. The number of hydrogen-bond acceptors (Lipinski definition) is 5. The molecule has 1 unspecified atom stereocenters. The van der Waals surface area contributed by atoms with Gasteiger partial charge in [0.05, 0.1) is 20.3 Å². The summed E-state index contributed by atoms with van der Waals surface area (Å²) >= 11 is 3.25. The molecule has 1 aliphatic rings. The maximum Gasteiger partial charge on any atom is 0.244 e. The molecule has 0 aliphatic carbocycles. The molecule has 1 heterocycles. The smallest absolute Gasteiger partial charge is 0.244 e. The first-order valence-electron chi connectivity index (χ1n) is 6.00. The number of halogens is 1. The van der Waals surface area contributed by atoms with Crippen molar-refractivity contribution in [2.45, 2.75) is 17.4 Å². The molecule has 0 amide bonds. The molecule has 0 saturated carbocycles.